The van der Waals surface area contributed by atoms with Gasteiger partial charge < -0.3 is 4.74 Å². The first-order valence-corrected chi connectivity index (χ1v) is 9.81. The van der Waals surface area contributed by atoms with Gasteiger partial charge in [0.1, 0.15) is 5.75 Å². The van der Waals surface area contributed by atoms with Gasteiger partial charge in [-0.2, -0.15) is 0 Å². The first-order chi connectivity index (χ1) is 9.39. The van der Waals surface area contributed by atoms with Crippen LogP contribution in [-0.4, -0.2) is 25.8 Å². The molecule has 1 aliphatic rings. The second-order valence-corrected chi connectivity index (χ2v) is 9.06. The smallest absolute Gasteiger partial charge is 0.233 e. The molecule has 0 bridgehead atoms. The molecular formula is C13H17BrClNO3S. The maximum Gasteiger partial charge on any atom is 0.233 e. The van der Waals surface area contributed by atoms with Crippen LogP contribution in [0.25, 0.3) is 0 Å². The van der Waals surface area contributed by atoms with Crippen LogP contribution in [0, 0.1) is 5.41 Å². The highest BCUT2D eigenvalue weighted by Gasteiger charge is 2.37. The van der Waals surface area contributed by atoms with E-state index in [2.05, 4.69) is 20.9 Å². The lowest BCUT2D eigenvalue weighted by atomic mass is 9.76. The van der Waals surface area contributed by atoms with Crippen LogP contribution in [0.2, 0.25) is 0 Å². The van der Waals surface area contributed by atoms with Crippen LogP contribution in [0.4, 0.5) is 0 Å². The number of hydrogen-bond donors (Lipinski definition) is 0. The average Bonchev–Trinajstić information content (AvgIpc) is 2.36. The van der Waals surface area contributed by atoms with Gasteiger partial charge in [-0.05, 0) is 34.8 Å². The summed E-state index contributed by atoms with van der Waals surface area (Å²) in [6.07, 6.45) is 8.14. The molecule has 0 aromatic carbocycles. The number of halogens is 2. The minimum absolute atomic E-state index is 0.0248. The van der Waals surface area contributed by atoms with E-state index in [1.54, 1.807) is 12.4 Å². The molecule has 1 aromatic rings. The lowest BCUT2D eigenvalue weighted by Gasteiger charge is -2.35. The van der Waals surface area contributed by atoms with Gasteiger partial charge >= 0.3 is 0 Å². The zero-order chi connectivity index (χ0) is 14.6. The third kappa shape index (κ3) is 4.90. The molecule has 7 heteroatoms. The number of ether oxygens (including phenoxy) is 1. The van der Waals surface area contributed by atoms with Crippen LogP contribution in [0.15, 0.2) is 22.9 Å². The molecule has 2 rings (SSSR count). The van der Waals surface area contributed by atoms with Gasteiger partial charge in [0, 0.05) is 26.8 Å². The van der Waals surface area contributed by atoms with Gasteiger partial charge in [-0.3, -0.25) is 4.98 Å². The molecule has 0 amide bonds. The molecule has 0 radical (unpaired) electrons. The van der Waals surface area contributed by atoms with E-state index < -0.39 is 9.05 Å². The van der Waals surface area contributed by atoms with Crippen LogP contribution in [0.1, 0.15) is 32.1 Å². The summed E-state index contributed by atoms with van der Waals surface area (Å²) in [5, 5.41) is 0. The van der Waals surface area contributed by atoms with Crippen LogP contribution in [-0.2, 0) is 9.05 Å². The Morgan fingerprint density at radius 1 is 1.30 bits per heavy atom. The number of aromatic nitrogens is 1. The van der Waals surface area contributed by atoms with Gasteiger partial charge in [0.2, 0.25) is 9.05 Å². The molecule has 1 saturated carbocycles. The molecule has 1 aromatic heterocycles. The first kappa shape index (κ1) is 16.0. The summed E-state index contributed by atoms with van der Waals surface area (Å²) in [6, 6.07) is 1.82. The van der Waals surface area contributed by atoms with E-state index in [9.17, 15) is 8.42 Å². The van der Waals surface area contributed by atoms with Crippen molar-refractivity contribution in [1.82, 2.24) is 4.98 Å². The number of nitrogens with zero attached hydrogens (tertiary/aromatic N) is 1. The minimum atomic E-state index is -3.53. The summed E-state index contributed by atoms with van der Waals surface area (Å²) < 4.78 is 29.5. The second-order valence-electron chi connectivity index (χ2n) is 5.37. The van der Waals surface area contributed by atoms with Crippen molar-refractivity contribution in [3.05, 3.63) is 22.9 Å². The van der Waals surface area contributed by atoms with E-state index in [1.807, 2.05) is 6.07 Å². The molecule has 1 fully saturated rings. The SMILES string of the molecule is O=S(=O)(Cl)CC1(COc2cncc(Br)c2)CCCCC1. The summed E-state index contributed by atoms with van der Waals surface area (Å²) in [5.74, 6) is 0.611. The predicted octanol–water partition coefficient (Wildman–Crippen LogP) is 3.74. The fraction of sp³-hybridized carbons (Fsp3) is 0.615. The molecule has 20 heavy (non-hydrogen) atoms. The fourth-order valence-electron chi connectivity index (χ4n) is 2.71. The van der Waals surface area contributed by atoms with Crippen LogP contribution >= 0.6 is 26.6 Å². The Morgan fingerprint density at radius 2 is 2.00 bits per heavy atom. The molecule has 1 heterocycles. The Kier molecular flexibility index (Phi) is 5.31. The lowest BCUT2D eigenvalue weighted by molar-refractivity contribution is 0.119. The minimum Gasteiger partial charge on any atom is -0.491 e. The average molecular weight is 383 g/mol. The van der Waals surface area contributed by atoms with Crippen molar-refractivity contribution in [1.29, 1.82) is 0 Å². The van der Waals surface area contributed by atoms with E-state index in [1.165, 1.54) is 0 Å². The molecule has 0 aliphatic heterocycles. The highest BCUT2D eigenvalue weighted by Crippen LogP contribution is 2.38. The van der Waals surface area contributed by atoms with E-state index in [4.69, 9.17) is 15.4 Å². The summed E-state index contributed by atoms with van der Waals surface area (Å²) in [7, 11) is 1.93. The summed E-state index contributed by atoms with van der Waals surface area (Å²) in [4.78, 5) is 4.03. The van der Waals surface area contributed by atoms with Crippen LogP contribution in [0.3, 0.4) is 0 Å². The molecule has 0 unspecified atom stereocenters. The Labute approximate surface area is 132 Å². The lowest BCUT2D eigenvalue weighted by Crippen LogP contribution is -2.36. The monoisotopic (exact) mass is 381 g/mol. The summed E-state index contributed by atoms with van der Waals surface area (Å²) in [5.41, 5.74) is -0.374. The topological polar surface area (TPSA) is 56.3 Å². The molecule has 1 aliphatic carbocycles. The van der Waals surface area contributed by atoms with Crippen molar-refractivity contribution in [3.63, 3.8) is 0 Å². The van der Waals surface area contributed by atoms with Gasteiger partial charge in [-0.25, -0.2) is 8.42 Å². The van der Waals surface area contributed by atoms with Crippen LogP contribution < -0.4 is 4.74 Å². The van der Waals surface area contributed by atoms with Gasteiger partial charge in [0.15, 0.2) is 0 Å². The van der Waals surface area contributed by atoms with Gasteiger partial charge in [0.05, 0.1) is 18.6 Å². The Balaban J connectivity index is 2.08. The highest BCUT2D eigenvalue weighted by molar-refractivity contribution is 9.10. The van der Waals surface area contributed by atoms with Gasteiger partial charge in [0.25, 0.3) is 0 Å². The largest absolute Gasteiger partial charge is 0.491 e. The molecule has 0 spiro atoms. The number of rotatable bonds is 5. The van der Waals surface area contributed by atoms with Crippen molar-refractivity contribution in [2.24, 2.45) is 5.41 Å². The molecule has 4 nitrogen and oxygen atoms in total. The maximum absolute atomic E-state index is 11.5. The highest BCUT2D eigenvalue weighted by atomic mass is 79.9. The van der Waals surface area contributed by atoms with Gasteiger partial charge in [-0.15, -0.1) is 0 Å². The second kappa shape index (κ2) is 6.62. The molecule has 0 atom stereocenters. The predicted molar refractivity (Wildman–Crippen MR) is 82.6 cm³/mol. The summed E-state index contributed by atoms with van der Waals surface area (Å²) >= 11 is 3.33. The van der Waals surface area contributed by atoms with Crippen molar-refractivity contribution in [2.75, 3.05) is 12.4 Å². The standard InChI is InChI=1S/C13H17BrClNO3S/c14-11-6-12(8-16-7-11)19-9-13(10-20(15,17)18)4-2-1-3-5-13/h6-8H,1-5,9-10H2. The van der Waals surface area contributed by atoms with E-state index >= 15 is 0 Å². The zero-order valence-corrected chi connectivity index (χ0v) is 14.2. The van der Waals surface area contributed by atoms with Crippen molar-refractivity contribution in [3.8, 4) is 5.75 Å². The van der Waals surface area contributed by atoms with Crippen molar-refractivity contribution in [2.45, 2.75) is 32.1 Å². The molecular weight excluding hydrogens is 366 g/mol. The Bertz CT molecular complexity index is 558. The third-order valence-electron chi connectivity index (χ3n) is 3.62. The molecule has 0 N–H and O–H groups in total. The van der Waals surface area contributed by atoms with E-state index in [0.29, 0.717) is 12.4 Å². The number of hydrogen-bond acceptors (Lipinski definition) is 4. The molecule has 112 valence electrons. The Morgan fingerprint density at radius 3 is 2.60 bits per heavy atom. The normalized spacial score (nSPS) is 18.7. The third-order valence-corrected chi connectivity index (χ3v) is 5.34. The van der Waals surface area contributed by atoms with Gasteiger partial charge in [-0.1, -0.05) is 19.3 Å². The molecule has 0 saturated heterocycles. The van der Waals surface area contributed by atoms with E-state index in [-0.39, 0.29) is 11.2 Å². The summed E-state index contributed by atoms with van der Waals surface area (Å²) in [6.45, 7) is 0.358. The van der Waals surface area contributed by atoms with Crippen molar-refractivity contribution < 1.29 is 13.2 Å². The van der Waals surface area contributed by atoms with Crippen molar-refractivity contribution >= 4 is 35.7 Å². The first-order valence-electron chi connectivity index (χ1n) is 6.54. The quantitative estimate of drug-likeness (QED) is 0.728. The Hall–Kier alpha value is -0.330. The van der Waals surface area contributed by atoms with Crippen LogP contribution in [0.5, 0.6) is 5.75 Å². The van der Waals surface area contributed by atoms with E-state index in [0.717, 1.165) is 36.6 Å². The zero-order valence-electron chi connectivity index (χ0n) is 11.0. The number of pyridine rings is 1. The fourth-order valence-corrected chi connectivity index (χ4v) is 4.85. The maximum atomic E-state index is 11.5.